The first-order valence-electron chi connectivity index (χ1n) is 11.9. The minimum Gasteiger partial charge on any atom is -0.497 e. The summed E-state index contributed by atoms with van der Waals surface area (Å²) in [4.78, 5) is 16.8. The fourth-order valence-electron chi connectivity index (χ4n) is 4.39. The van der Waals surface area contributed by atoms with E-state index in [-0.39, 0.29) is 12.5 Å². The highest BCUT2D eigenvalue weighted by Crippen LogP contribution is 2.32. The van der Waals surface area contributed by atoms with E-state index in [4.69, 9.17) is 14.2 Å². The van der Waals surface area contributed by atoms with Crippen molar-refractivity contribution in [1.82, 2.24) is 15.1 Å². The van der Waals surface area contributed by atoms with Crippen LogP contribution in [0.25, 0.3) is 22.0 Å². The van der Waals surface area contributed by atoms with Crippen LogP contribution in [0, 0.1) is 0 Å². The molecule has 4 aromatic rings. The van der Waals surface area contributed by atoms with E-state index in [9.17, 15) is 4.79 Å². The molecule has 36 heavy (non-hydrogen) atoms. The van der Waals surface area contributed by atoms with Gasteiger partial charge >= 0.3 is 0 Å². The first kappa shape index (κ1) is 23.4. The number of anilines is 1. The molecule has 1 saturated heterocycles. The summed E-state index contributed by atoms with van der Waals surface area (Å²) in [6.45, 7) is 2.58. The van der Waals surface area contributed by atoms with Crippen LogP contribution in [0.1, 0.15) is 0 Å². The van der Waals surface area contributed by atoms with Gasteiger partial charge in [0.2, 0.25) is 0 Å². The molecule has 0 spiro atoms. The number of benzene rings is 3. The highest BCUT2D eigenvalue weighted by molar-refractivity contribution is 5.88. The molecule has 1 aliphatic heterocycles. The smallest absolute Gasteiger partial charge is 0.260 e. The molecule has 5 rings (SSSR count). The van der Waals surface area contributed by atoms with Crippen molar-refractivity contribution < 1.29 is 19.0 Å². The van der Waals surface area contributed by atoms with Crippen molar-refractivity contribution in [2.24, 2.45) is 0 Å². The van der Waals surface area contributed by atoms with Gasteiger partial charge in [-0.15, -0.1) is 10.2 Å². The Morgan fingerprint density at radius 3 is 2.39 bits per heavy atom. The molecule has 0 bridgehead atoms. The molecule has 0 saturated carbocycles. The lowest BCUT2D eigenvalue weighted by atomic mass is 10.1. The van der Waals surface area contributed by atoms with Crippen molar-refractivity contribution in [2.75, 3.05) is 51.9 Å². The van der Waals surface area contributed by atoms with Crippen molar-refractivity contribution in [1.29, 1.82) is 0 Å². The minimum atomic E-state index is -0.0193. The fraction of sp³-hybridized carbons (Fsp3) is 0.250. The van der Waals surface area contributed by atoms with Crippen LogP contribution in [0.5, 0.6) is 17.2 Å². The van der Waals surface area contributed by atoms with Gasteiger partial charge in [-0.05, 0) is 41.8 Å². The second-order valence-corrected chi connectivity index (χ2v) is 8.48. The van der Waals surface area contributed by atoms with Crippen LogP contribution in [-0.4, -0.2) is 68.0 Å². The zero-order valence-corrected chi connectivity index (χ0v) is 20.4. The van der Waals surface area contributed by atoms with Crippen molar-refractivity contribution in [3.63, 3.8) is 0 Å². The van der Waals surface area contributed by atoms with Gasteiger partial charge in [-0.3, -0.25) is 4.79 Å². The summed E-state index contributed by atoms with van der Waals surface area (Å²) >= 11 is 0. The van der Waals surface area contributed by atoms with E-state index in [1.807, 2.05) is 77.7 Å². The van der Waals surface area contributed by atoms with Crippen LogP contribution in [-0.2, 0) is 4.79 Å². The van der Waals surface area contributed by atoms with E-state index in [1.54, 1.807) is 14.2 Å². The van der Waals surface area contributed by atoms with E-state index in [2.05, 4.69) is 15.1 Å². The molecular weight excluding hydrogens is 456 g/mol. The van der Waals surface area contributed by atoms with Crippen LogP contribution in [0.15, 0.2) is 72.8 Å². The Labute approximate surface area is 210 Å². The summed E-state index contributed by atoms with van der Waals surface area (Å²) in [6.07, 6.45) is 0. The van der Waals surface area contributed by atoms with Gasteiger partial charge in [-0.25, -0.2) is 0 Å². The monoisotopic (exact) mass is 484 g/mol. The van der Waals surface area contributed by atoms with E-state index >= 15 is 0 Å². The van der Waals surface area contributed by atoms with Gasteiger partial charge in [0.15, 0.2) is 12.4 Å². The van der Waals surface area contributed by atoms with Crippen molar-refractivity contribution in [3.05, 3.63) is 72.8 Å². The average molecular weight is 485 g/mol. The molecule has 0 aliphatic carbocycles. The standard InChI is InChI=1S/C28H28N4O4/c1-34-21-10-12-25(35-2)23(18-21)24-11-13-27(30-29-24)31-14-16-32(17-15-31)28(33)19-36-26-9-5-7-20-6-3-4-8-22(20)26/h3-13,18H,14-17,19H2,1-2H3. The molecule has 0 atom stereocenters. The number of fused-ring (bicyclic) bond motifs is 1. The number of nitrogens with zero attached hydrogens (tertiary/aromatic N) is 4. The van der Waals surface area contributed by atoms with Gasteiger partial charge in [0, 0.05) is 37.1 Å². The van der Waals surface area contributed by atoms with Gasteiger partial charge < -0.3 is 24.0 Å². The topological polar surface area (TPSA) is 77.0 Å². The second-order valence-electron chi connectivity index (χ2n) is 8.48. The molecule has 184 valence electrons. The Morgan fingerprint density at radius 2 is 1.64 bits per heavy atom. The molecule has 2 heterocycles. The highest BCUT2D eigenvalue weighted by atomic mass is 16.5. The predicted octanol–water partition coefficient (Wildman–Crippen LogP) is 4.04. The van der Waals surface area contributed by atoms with E-state index < -0.39 is 0 Å². The van der Waals surface area contributed by atoms with Crippen LogP contribution in [0.4, 0.5) is 5.82 Å². The maximum Gasteiger partial charge on any atom is 0.260 e. The number of rotatable bonds is 7. The zero-order chi connectivity index (χ0) is 24.9. The van der Waals surface area contributed by atoms with Gasteiger partial charge in [0.1, 0.15) is 17.2 Å². The lowest BCUT2D eigenvalue weighted by molar-refractivity contribution is -0.133. The molecule has 0 unspecified atom stereocenters. The number of carbonyl (C=O) groups is 1. The van der Waals surface area contributed by atoms with Crippen LogP contribution >= 0.6 is 0 Å². The first-order chi connectivity index (χ1) is 17.7. The van der Waals surface area contributed by atoms with E-state index in [0.29, 0.717) is 37.6 Å². The molecule has 1 aromatic heterocycles. The first-order valence-corrected chi connectivity index (χ1v) is 11.9. The zero-order valence-electron chi connectivity index (χ0n) is 20.4. The van der Waals surface area contributed by atoms with Gasteiger partial charge in [0.05, 0.1) is 19.9 Å². The molecule has 8 nitrogen and oxygen atoms in total. The summed E-state index contributed by atoms with van der Waals surface area (Å²) in [5, 5.41) is 11.0. The largest absolute Gasteiger partial charge is 0.497 e. The Bertz CT molecular complexity index is 1350. The molecule has 0 radical (unpaired) electrons. The van der Waals surface area contributed by atoms with Crippen molar-refractivity contribution >= 4 is 22.5 Å². The number of carbonyl (C=O) groups excluding carboxylic acids is 1. The third kappa shape index (κ3) is 4.88. The predicted molar refractivity (Wildman–Crippen MR) is 139 cm³/mol. The molecule has 0 N–H and O–H groups in total. The number of hydrogen-bond acceptors (Lipinski definition) is 7. The summed E-state index contributed by atoms with van der Waals surface area (Å²) in [7, 11) is 3.25. The highest BCUT2D eigenvalue weighted by Gasteiger charge is 2.23. The van der Waals surface area contributed by atoms with Crippen LogP contribution in [0.2, 0.25) is 0 Å². The third-order valence-electron chi connectivity index (χ3n) is 6.39. The second kappa shape index (κ2) is 10.5. The number of hydrogen-bond donors (Lipinski definition) is 0. The van der Waals surface area contributed by atoms with Gasteiger partial charge in [-0.1, -0.05) is 36.4 Å². The average Bonchev–Trinajstić information content (AvgIpc) is 2.95. The Kier molecular flexibility index (Phi) is 6.84. The van der Waals surface area contributed by atoms with E-state index in [1.165, 1.54) is 0 Å². The number of amides is 1. The normalized spacial score (nSPS) is 13.5. The summed E-state index contributed by atoms with van der Waals surface area (Å²) in [5.74, 6) is 2.91. The Balaban J connectivity index is 1.18. The van der Waals surface area contributed by atoms with Gasteiger partial charge in [0.25, 0.3) is 5.91 Å². The number of ether oxygens (including phenoxy) is 3. The number of piperazine rings is 1. The fourth-order valence-corrected chi connectivity index (χ4v) is 4.39. The Morgan fingerprint density at radius 1 is 0.833 bits per heavy atom. The number of methoxy groups -OCH3 is 2. The quantitative estimate of drug-likeness (QED) is 0.392. The van der Waals surface area contributed by atoms with Gasteiger partial charge in [-0.2, -0.15) is 0 Å². The Hall–Kier alpha value is -4.33. The maximum absolute atomic E-state index is 12.8. The molecule has 1 fully saturated rings. The minimum absolute atomic E-state index is 0.0187. The molecule has 8 heteroatoms. The SMILES string of the molecule is COc1ccc(OC)c(-c2ccc(N3CCN(C(=O)COc4cccc5ccccc45)CC3)nn2)c1. The molecular formula is C28H28N4O4. The molecule has 3 aromatic carbocycles. The van der Waals surface area contributed by atoms with Crippen molar-refractivity contribution in [2.45, 2.75) is 0 Å². The summed E-state index contributed by atoms with van der Waals surface area (Å²) in [6, 6.07) is 23.3. The molecule has 1 aliphatic rings. The lowest BCUT2D eigenvalue weighted by Gasteiger charge is -2.35. The van der Waals surface area contributed by atoms with Crippen molar-refractivity contribution in [3.8, 4) is 28.5 Å². The third-order valence-corrected chi connectivity index (χ3v) is 6.39. The number of aromatic nitrogens is 2. The maximum atomic E-state index is 12.8. The van der Waals surface area contributed by atoms with Crippen LogP contribution in [0.3, 0.4) is 0 Å². The van der Waals surface area contributed by atoms with E-state index in [0.717, 1.165) is 33.7 Å². The summed E-state index contributed by atoms with van der Waals surface area (Å²) < 4.78 is 16.7. The van der Waals surface area contributed by atoms with Crippen LogP contribution < -0.4 is 19.1 Å². The lowest BCUT2D eigenvalue weighted by Crippen LogP contribution is -2.50. The molecule has 1 amide bonds. The summed E-state index contributed by atoms with van der Waals surface area (Å²) in [5.41, 5.74) is 1.52.